The van der Waals surface area contributed by atoms with Crippen LogP contribution >= 0.6 is 0 Å². The van der Waals surface area contributed by atoms with E-state index in [1.165, 1.54) is 6.07 Å². The molecule has 1 aromatic rings. The van der Waals surface area contributed by atoms with Crippen LogP contribution in [0.1, 0.15) is 16.1 Å². The molecule has 2 N–H and O–H groups in total. The zero-order chi connectivity index (χ0) is 12.3. The van der Waals surface area contributed by atoms with Crippen LogP contribution in [0.3, 0.4) is 0 Å². The molecule has 0 aromatic carbocycles. The van der Waals surface area contributed by atoms with E-state index in [9.17, 15) is 18.0 Å². The van der Waals surface area contributed by atoms with Crippen molar-refractivity contribution in [2.24, 2.45) is 0 Å². The second-order valence-electron chi connectivity index (χ2n) is 2.58. The molecule has 0 saturated heterocycles. The highest BCUT2D eigenvalue weighted by Gasteiger charge is 2.34. The molecule has 5 nitrogen and oxygen atoms in total. The SMILES string of the molecule is N#Cc1cnc(C=O)c(N)c1OC(F)(F)F. The summed E-state index contributed by atoms with van der Waals surface area (Å²) < 4.78 is 39.5. The van der Waals surface area contributed by atoms with E-state index >= 15 is 0 Å². The number of anilines is 1. The average Bonchev–Trinajstić information content (AvgIpc) is 2.19. The van der Waals surface area contributed by atoms with E-state index in [1.54, 1.807) is 0 Å². The van der Waals surface area contributed by atoms with Crippen LogP contribution in [0.2, 0.25) is 0 Å². The summed E-state index contributed by atoms with van der Waals surface area (Å²) in [6.07, 6.45) is -4.05. The van der Waals surface area contributed by atoms with Gasteiger partial charge >= 0.3 is 6.36 Å². The smallest absolute Gasteiger partial charge is 0.402 e. The van der Waals surface area contributed by atoms with Gasteiger partial charge < -0.3 is 10.5 Å². The lowest BCUT2D eigenvalue weighted by Crippen LogP contribution is -2.19. The van der Waals surface area contributed by atoms with Gasteiger partial charge in [0, 0.05) is 6.20 Å². The molecule has 0 atom stereocenters. The first kappa shape index (κ1) is 11.8. The third kappa shape index (κ3) is 2.38. The summed E-state index contributed by atoms with van der Waals surface area (Å²) in [5, 5.41) is 8.52. The van der Waals surface area contributed by atoms with Gasteiger partial charge in [-0.05, 0) is 0 Å². The number of rotatable bonds is 2. The standard InChI is InChI=1S/C8H4F3N3O2/c9-8(10,11)16-7-4(1-12)2-14-5(3-15)6(7)13/h2-3H,13H2. The number of ether oxygens (including phenoxy) is 1. The first-order chi connectivity index (χ1) is 7.39. The number of carbonyl (C=O) groups is 1. The monoisotopic (exact) mass is 231 g/mol. The number of aromatic nitrogens is 1. The van der Waals surface area contributed by atoms with Crippen molar-refractivity contribution in [3.8, 4) is 11.8 Å². The number of hydrogen-bond donors (Lipinski definition) is 1. The fraction of sp³-hybridized carbons (Fsp3) is 0.125. The van der Waals surface area contributed by atoms with Crippen LogP contribution in [0.5, 0.6) is 5.75 Å². The molecule has 0 bridgehead atoms. The summed E-state index contributed by atoms with van der Waals surface area (Å²) in [6.45, 7) is 0. The Morgan fingerprint density at radius 2 is 2.19 bits per heavy atom. The third-order valence-corrected chi connectivity index (χ3v) is 1.55. The van der Waals surface area contributed by atoms with Gasteiger partial charge in [0.25, 0.3) is 0 Å². The molecule has 8 heteroatoms. The zero-order valence-corrected chi connectivity index (χ0v) is 7.58. The minimum Gasteiger partial charge on any atom is -0.402 e. The molecular formula is C8H4F3N3O2. The van der Waals surface area contributed by atoms with Gasteiger partial charge in [0.2, 0.25) is 0 Å². The van der Waals surface area contributed by atoms with Crippen molar-refractivity contribution in [3.05, 3.63) is 17.5 Å². The van der Waals surface area contributed by atoms with Gasteiger partial charge in [0.15, 0.2) is 12.0 Å². The minimum atomic E-state index is -5.00. The summed E-state index contributed by atoms with van der Waals surface area (Å²) in [5.74, 6) is -0.910. The Kier molecular flexibility index (Phi) is 2.99. The van der Waals surface area contributed by atoms with Crippen LogP contribution in [0.4, 0.5) is 18.9 Å². The fourth-order valence-electron chi connectivity index (χ4n) is 0.923. The van der Waals surface area contributed by atoms with Gasteiger partial charge in [-0.1, -0.05) is 0 Å². The number of nitrogens with two attached hydrogens (primary N) is 1. The predicted molar refractivity (Wildman–Crippen MR) is 45.4 cm³/mol. The summed E-state index contributed by atoms with van der Waals surface area (Å²) in [5.41, 5.74) is 3.67. The lowest BCUT2D eigenvalue weighted by atomic mass is 10.2. The number of nitrogens with zero attached hydrogens (tertiary/aromatic N) is 2. The van der Waals surface area contributed by atoms with Crippen molar-refractivity contribution in [2.45, 2.75) is 6.36 Å². The van der Waals surface area contributed by atoms with Crippen LogP contribution in [-0.4, -0.2) is 17.6 Å². The minimum absolute atomic E-state index is 0.166. The number of pyridine rings is 1. The molecule has 0 aliphatic heterocycles. The van der Waals surface area contributed by atoms with Gasteiger partial charge in [0.05, 0.1) is 0 Å². The number of aldehydes is 1. The molecule has 16 heavy (non-hydrogen) atoms. The molecule has 0 radical (unpaired) electrons. The highest BCUT2D eigenvalue weighted by Crippen LogP contribution is 2.32. The average molecular weight is 231 g/mol. The first-order valence-corrected chi connectivity index (χ1v) is 3.78. The molecule has 1 rings (SSSR count). The maximum atomic E-state index is 12.0. The summed E-state index contributed by atoms with van der Waals surface area (Å²) in [6, 6.07) is 1.43. The topological polar surface area (TPSA) is 89.0 Å². The first-order valence-electron chi connectivity index (χ1n) is 3.78. The molecule has 84 valence electrons. The van der Waals surface area contributed by atoms with Gasteiger partial charge in [-0.3, -0.25) is 4.79 Å². The third-order valence-electron chi connectivity index (χ3n) is 1.55. The maximum Gasteiger partial charge on any atom is 0.573 e. The quantitative estimate of drug-likeness (QED) is 0.773. The fourth-order valence-corrected chi connectivity index (χ4v) is 0.923. The Morgan fingerprint density at radius 1 is 1.56 bits per heavy atom. The normalized spacial score (nSPS) is 10.6. The van der Waals surface area contributed by atoms with Crippen LogP contribution in [0.15, 0.2) is 6.20 Å². The van der Waals surface area contributed by atoms with Gasteiger partial charge in [-0.2, -0.15) is 5.26 Å². The van der Waals surface area contributed by atoms with E-state index in [0.717, 1.165) is 6.20 Å². The van der Waals surface area contributed by atoms with E-state index in [0.29, 0.717) is 0 Å². The number of alkyl halides is 3. The largest absolute Gasteiger partial charge is 0.573 e. The second-order valence-corrected chi connectivity index (χ2v) is 2.58. The molecular weight excluding hydrogens is 227 g/mol. The lowest BCUT2D eigenvalue weighted by molar-refractivity contribution is -0.274. The Morgan fingerprint density at radius 3 is 2.62 bits per heavy atom. The van der Waals surface area contributed by atoms with Crippen LogP contribution in [0.25, 0.3) is 0 Å². The van der Waals surface area contributed by atoms with Crippen LogP contribution < -0.4 is 10.5 Å². The van der Waals surface area contributed by atoms with E-state index in [2.05, 4.69) is 9.72 Å². The molecule has 0 aliphatic rings. The van der Waals surface area contributed by atoms with Crippen molar-refractivity contribution in [1.82, 2.24) is 4.98 Å². The molecule has 1 aromatic heterocycles. The Hall–Kier alpha value is -2.30. The van der Waals surface area contributed by atoms with Gasteiger partial charge in [-0.25, -0.2) is 4.98 Å². The highest BCUT2D eigenvalue weighted by molar-refractivity contribution is 5.84. The van der Waals surface area contributed by atoms with Crippen molar-refractivity contribution in [1.29, 1.82) is 5.26 Å². The van der Waals surface area contributed by atoms with Crippen molar-refractivity contribution < 1.29 is 22.7 Å². The van der Waals surface area contributed by atoms with E-state index in [4.69, 9.17) is 11.0 Å². The maximum absolute atomic E-state index is 12.0. The summed E-state index contributed by atoms with van der Waals surface area (Å²) >= 11 is 0. The molecule has 0 aliphatic carbocycles. The van der Waals surface area contributed by atoms with Gasteiger partial charge in [-0.15, -0.1) is 13.2 Å². The lowest BCUT2D eigenvalue weighted by Gasteiger charge is -2.12. The van der Waals surface area contributed by atoms with Crippen molar-refractivity contribution in [3.63, 3.8) is 0 Å². The molecule has 0 amide bonds. The van der Waals surface area contributed by atoms with E-state index in [-0.39, 0.29) is 6.29 Å². The predicted octanol–water partition coefficient (Wildman–Crippen LogP) is 1.25. The molecule has 1 heterocycles. The summed E-state index contributed by atoms with van der Waals surface area (Å²) in [4.78, 5) is 13.8. The molecule has 0 spiro atoms. The zero-order valence-electron chi connectivity index (χ0n) is 7.58. The molecule has 0 saturated carbocycles. The van der Waals surface area contributed by atoms with E-state index < -0.39 is 29.1 Å². The Bertz CT molecular complexity index is 465. The number of nitriles is 1. The number of hydrogen-bond acceptors (Lipinski definition) is 5. The van der Waals surface area contributed by atoms with Crippen LogP contribution in [-0.2, 0) is 0 Å². The molecule has 0 fully saturated rings. The van der Waals surface area contributed by atoms with Crippen LogP contribution in [0, 0.1) is 11.3 Å². The summed E-state index contributed by atoms with van der Waals surface area (Å²) in [7, 11) is 0. The number of halogens is 3. The van der Waals surface area contributed by atoms with Gasteiger partial charge in [0.1, 0.15) is 23.0 Å². The highest BCUT2D eigenvalue weighted by atomic mass is 19.4. The van der Waals surface area contributed by atoms with Crippen molar-refractivity contribution in [2.75, 3.05) is 5.73 Å². The second kappa shape index (κ2) is 4.06. The Labute approximate surface area is 87.3 Å². The Balaban J connectivity index is 3.34. The van der Waals surface area contributed by atoms with Crippen molar-refractivity contribution >= 4 is 12.0 Å². The van der Waals surface area contributed by atoms with E-state index in [1.807, 2.05) is 0 Å². The number of carbonyl (C=O) groups excluding carboxylic acids is 1. The molecule has 0 unspecified atom stereocenters. The number of nitrogen functional groups attached to an aromatic ring is 1.